The van der Waals surface area contributed by atoms with Gasteiger partial charge in [0.15, 0.2) is 0 Å². The summed E-state index contributed by atoms with van der Waals surface area (Å²) >= 11 is 0. The average molecular weight is 246 g/mol. The molecule has 2 N–H and O–H groups in total. The minimum absolute atomic E-state index is 0.157. The lowest BCUT2D eigenvalue weighted by Crippen LogP contribution is -2.48. The highest BCUT2D eigenvalue weighted by Crippen LogP contribution is 2.21. The molecule has 2 atom stereocenters. The highest BCUT2D eigenvalue weighted by molar-refractivity contribution is 5.97. The Hall–Kier alpha value is -1.35. The van der Waals surface area contributed by atoms with E-state index in [-0.39, 0.29) is 11.9 Å². The summed E-state index contributed by atoms with van der Waals surface area (Å²) in [4.78, 5) is 14.5. The van der Waals surface area contributed by atoms with Gasteiger partial charge in [-0.15, -0.1) is 0 Å². The number of rotatable bonds is 1. The predicted molar refractivity (Wildman–Crippen MR) is 73.6 cm³/mol. The number of amides is 1. The topological polar surface area (TPSA) is 46.3 Å². The monoisotopic (exact) mass is 246 g/mol. The molecule has 98 valence electrons. The Bertz CT molecular complexity index is 436. The largest absolute Gasteiger partial charge is 0.338 e. The number of aryl methyl sites for hydroxylation is 2. The molecule has 1 aromatic carbocycles. The van der Waals surface area contributed by atoms with Gasteiger partial charge in [0, 0.05) is 24.7 Å². The normalized spacial score (nSPS) is 24.1. The zero-order valence-corrected chi connectivity index (χ0v) is 11.4. The van der Waals surface area contributed by atoms with Gasteiger partial charge in [0.1, 0.15) is 0 Å². The number of likely N-dealkylation sites (tertiary alicyclic amines) is 1. The van der Waals surface area contributed by atoms with Crippen LogP contribution in [0.3, 0.4) is 0 Å². The summed E-state index contributed by atoms with van der Waals surface area (Å²) in [6.45, 7) is 7.67. The maximum Gasteiger partial charge on any atom is 0.254 e. The molecule has 0 spiro atoms. The van der Waals surface area contributed by atoms with E-state index in [1.54, 1.807) is 0 Å². The minimum Gasteiger partial charge on any atom is -0.338 e. The molecule has 2 unspecified atom stereocenters. The van der Waals surface area contributed by atoms with Crippen LogP contribution in [0.1, 0.15) is 34.8 Å². The third-order valence-electron chi connectivity index (χ3n) is 3.95. The number of carbonyl (C=O) groups is 1. The Kier molecular flexibility index (Phi) is 3.71. The number of nitrogens with zero attached hydrogens (tertiary/aromatic N) is 1. The van der Waals surface area contributed by atoms with Gasteiger partial charge in [0.05, 0.1) is 0 Å². The molecule has 18 heavy (non-hydrogen) atoms. The number of nitrogens with two attached hydrogens (primary N) is 1. The first-order chi connectivity index (χ1) is 8.50. The number of piperidine rings is 1. The second-order valence-electron chi connectivity index (χ2n) is 5.45. The SMILES string of the molecule is Cc1cccc(C)c1C(=O)N1CCC(N)C(C)C1. The smallest absolute Gasteiger partial charge is 0.254 e. The second kappa shape index (κ2) is 5.11. The Balaban J connectivity index is 2.22. The highest BCUT2D eigenvalue weighted by Gasteiger charge is 2.28. The van der Waals surface area contributed by atoms with E-state index in [0.29, 0.717) is 5.92 Å². The van der Waals surface area contributed by atoms with E-state index in [0.717, 1.165) is 36.2 Å². The Morgan fingerprint density at radius 3 is 2.50 bits per heavy atom. The summed E-state index contributed by atoms with van der Waals surface area (Å²) in [6.07, 6.45) is 0.901. The predicted octanol–water partition coefficient (Wildman–Crippen LogP) is 2.11. The summed E-state index contributed by atoms with van der Waals surface area (Å²) in [5, 5.41) is 0. The van der Waals surface area contributed by atoms with Crippen molar-refractivity contribution < 1.29 is 4.79 Å². The van der Waals surface area contributed by atoms with Crippen LogP contribution in [0.2, 0.25) is 0 Å². The van der Waals surface area contributed by atoms with Crippen molar-refractivity contribution in [2.24, 2.45) is 11.7 Å². The molecule has 1 aliphatic heterocycles. The van der Waals surface area contributed by atoms with Crippen molar-refractivity contribution in [2.75, 3.05) is 13.1 Å². The molecule has 2 rings (SSSR count). The molecule has 0 aromatic heterocycles. The second-order valence-corrected chi connectivity index (χ2v) is 5.45. The molecule has 1 saturated heterocycles. The standard InChI is InChI=1S/C15H22N2O/c1-10-5-4-6-11(2)14(10)15(18)17-8-7-13(16)12(3)9-17/h4-6,12-13H,7-9,16H2,1-3H3. The summed E-state index contributed by atoms with van der Waals surface area (Å²) in [5.74, 6) is 0.538. The van der Waals surface area contributed by atoms with Crippen LogP contribution in [0.4, 0.5) is 0 Å². The van der Waals surface area contributed by atoms with Crippen LogP contribution < -0.4 is 5.73 Å². The molecule has 0 bridgehead atoms. The molecular weight excluding hydrogens is 224 g/mol. The van der Waals surface area contributed by atoms with Crippen molar-refractivity contribution in [1.29, 1.82) is 0 Å². The molecule has 0 saturated carbocycles. The summed E-state index contributed by atoms with van der Waals surface area (Å²) in [7, 11) is 0. The summed E-state index contributed by atoms with van der Waals surface area (Å²) < 4.78 is 0. The third-order valence-corrected chi connectivity index (χ3v) is 3.95. The first-order valence-electron chi connectivity index (χ1n) is 6.61. The van der Waals surface area contributed by atoms with Crippen molar-refractivity contribution in [3.05, 3.63) is 34.9 Å². The Morgan fingerprint density at radius 2 is 1.94 bits per heavy atom. The van der Waals surface area contributed by atoms with Gasteiger partial charge in [0.25, 0.3) is 5.91 Å². The lowest BCUT2D eigenvalue weighted by molar-refractivity contribution is 0.0662. The van der Waals surface area contributed by atoms with E-state index < -0.39 is 0 Å². The van der Waals surface area contributed by atoms with Crippen LogP contribution in [0.25, 0.3) is 0 Å². The van der Waals surface area contributed by atoms with Crippen molar-refractivity contribution in [3.63, 3.8) is 0 Å². The van der Waals surface area contributed by atoms with Gasteiger partial charge in [-0.25, -0.2) is 0 Å². The molecule has 1 amide bonds. The molecule has 3 heteroatoms. The molecule has 3 nitrogen and oxygen atoms in total. The molecule has 0 aliphatic carbocycles. The van der Waals surface area contributed by atoms with Crippen molar-refractivity contribution >= 4 is 5.91 Å². The number of benzene rings is 1. The lowest BCUT2D eigenvalue weighted by atomic mass is 9.93. The fraction of sp³-hybridized carbons (Fsp3) is 0.533. The van der Waals surface area contributed by atoms with E-state index in [1.807, 2.05) is 36.9 Å². The number of hydrogen-bond acceptors (Lipinski definition) is 2. The highest BCUT2D eigenvalue weighted by atomic mass is 16.2. The van der Waals surface area contributed by atoms with Gasteiger partial charge in [-0.1, -0.05) is 25.1 Å². The Labute approximate surface area is 109 Å². The van der Waals surface area contributed by atoms with Crippen LogP contribution in [0.5, 0.6) is 0 Å². The van der Waals surface area contributed by atoms with Gasteiger partial charge in [-0.2, -0.15) is 0 Å². The van der Waals surface area contributed by atoms with E-state index in [1.165, 1.54) is 0 Å². The summed E-state index contributed by atoms with van der Waals surface area (Å²) in [5.41, 5.74) is 8.98. The van der Waals surface area contributed by atoms with Gasteiger partial charge in [-0.05, 0) is 37.3 Å². The minimum atomic E-state index is 0.157. The molecule has 1 heterocycles. The van der Waals surface area contributed by atoms with E-state index in [4.69, 9.17) is 5.73 Å². The maximum absolute atomic E-state index is 12.6. The Morgan fingerprint density at radius 1 is 1.33 bits per heavy atom. The van der Waals surface area contributed by atoms with Gasteiger partial charge < -0.3 is 10.6 Å². The van der Waals surface area contributed by atoms with Crippen LogP contribution in [0, 0.1) is 19.8 Å². The average Bonchev–Trinajstić information content (AvgIpc) is 2.32. The van der Waals surface area contributed by atoms with Gasteiger partial charge >= 0.3 is 0 Å². The van der Waals surface area contributed by atoms with E-state index >= 15 is 0 Å². The number of hydrogen-bond donors (Lipinski definition) is 1. The van der Waals surface area contributed by atoms with Crippen molar-refractivity contribution in [2.45, 2.75) is 33.2 Å². The van der Waals surface area contributed by atoms with Gasteiger partial charge in [0.2, 0.25) is 0 Å². The lowest BCUT2D eigenvalue weighted by Gasteiger charge is -2.35. The molecule has 1 fully saturated rings. The zero-order valence-electron chi connectivity index (χ0n) is 11.4. The number of carbonyl (C=O) groups excluding carboxylic acids is 1. The molecule has 0 radical (unpaired) electrons. The molecule has 1 aromatic rings. The van der Waals surface area contributed by atoms with Crippen LogP contribution in [-0.2, 0) is 0 Å². The van der Waals surface area contributed by atoms with Crippen molar-refractivity contribution in [3.8, 4) is 0 Å². The van der Waals surface area contributed by atoms with Gasteiger partial charge in [-0.3, -0.25) is 4.79 Å². The van der Waals surface area contributed by atoms with Crippen LogP contribution in [-0.4, -0.2) is 29.9 Å². The first kappa shape index (κ1) is 13.1. The fourth-order valence-corrected chi connectivity index (χ4v) is 2.66. The van der Waals surface area contributed by atoms with Crippen LogP contribution in [0.15, 0.2) is 18.2 Å². The third kappa shape index (κ3) is 2.41. The quantitative estimate of drug-likeness (QED) is 0.825. The molecular formula is C15H22N2O. The summed E-state index contributed by atoms with van der Waals surface area (Å²) in [6, 6.07) is 6.22. The fourth-order valence-electron chi connectivity index (χ4n) is 2.66. The maximum atomic E-state index is 12.6. The first-order valence-corrected chi connectivity index (χ1v) is 6.61. The zero-order chi connectivity index (χ0) is 13.3. The molecule has 1 aliphatic rings. The van der Waals surface area contributed by atoms with Crippen molar-refractivity contribution in [1.82, 2.24) is 4.90 Å². The van der Waals surface area contributed by atoms with Crippen LogP contribution >= 0.6 is 0 Å². The van der Waals surface area contributed by atoms with E-state index in [9.17, 15) is 4.79 Å². The van der Waals surface area contributed by atoms with E-state index in [2.05, 4.69) is 6.92 Å².